The molecule has 0 amide bonds. The number of carbonyl (C=O) groups excluding carboxylic acids is 2. The lowest BCUT2D eigenvalue weighted by molar-refractivity contribution is -0.346. The van der Waals surface area contributed by atoms with Crippen LogP contribution in [0.1, 0.15) is 40.0 Å². The predicted molar refractivity (Wildman–Crippen MR) is 91.4 cm³/mol. The number of hydrogen-bond acceptors (Lipinski definition) is 7. The molecule has 9 atom stereocenters. The Hall–Kier alpha value is -1.44. The van der Waals surface area contributed by atoms with Gasteiger partial charge in [-0.15, -0.1) is 0 Å². The number of carbonyl (C=O) groups is 2. The van der Waals surface area contributed by atoms with E-state index in [-0.39, 0.29) is 35.6 Å². The number of aliphatic hydroxyl groups is 3. The van der Waals surface area contributed by atoms with Gasteiger partial charge in [0.2, 0.25) is 0 Å². The molecule has 4 bridgehead atoms. The predicted octanol–water partition coefficient (Wildman–Crippen LogP) is 0.876. The average Bonchev–Trinajstić information content (AvgIpc) is 2.98. The first-order chi connectivity index (χ1) is 12.6. The molecule has 7 nitrogen and oxygen atoms in total. The zero-order valence-electron chi connectivity index (χ0n) is 15.8. The molecule has 3 saturated heterocycles. The maximum Gasteiger partial charge on any atom is 0.341 e. The average molecular weight is 378 g/mol. The molecular formula is C20H26O7. The van der Waals surface area contributed by atoms with E-state index in [0.717, 1.165) is 0 Å². The molecule has 6 aliphatic rings. The minimum Gasteiger partial charge on any atom is -0.511 e. The van der Waals surface area contributed by atoms with Crippen molar-refractivity contribution in [3.05, 3.63) is 11.3 Å². The molecule has 148 valence electrons. The zero-order valence-corrected chi connectivity index (χ0v) is 15.8. The highest BCUT2D eigenvalue weighted by Crippen LogP contribution is 2.73. The molecule has 3 aliphatic carbocycles. The first-order valence-electron chi connectivity index (χ1n) is 9.83. The van der Waals surface area contributed by atoms with Gasteiger partial charge in [-0.05, 0) is 26.2 Å². The van der Waals surface area contributed by atoms with Crippen LogP contribution >= 0.6 is 0 Å². The van der Waals surface area contributed by atoms with E-state index >= 15 is 0 Å². The number of ketones is 1. The van der Waals surface area contributed by atoms with Gasteiger partial charge in [0.15, 0.2) is 11.2 Å². The Labute approximate surface area is 157 Å². The number of hydrogen-bond donors (Lipinski definition) is 3. The summed E-state index contributed by atoms with van der Waals surface area (Å²) in [6, 6.07) is 0. The standard InChI is InChI=1S/C20H26O7/c1-8-4-9(2)15(23)13-17(25)26-19-6-10(7-21)18(3)16(24)12(19)5-11(14(8)22)20(13,19)27-18/h8-12,16,21,23-24H,4-7H2,1-3H3/b15-13+/t8-,9+,10+,11+,12+,16+,18+,19+,20-/m1/s1. The summed E-state index contributed by atoms with van der Waals surface area (Å²) in [6.07, 6.45) is 0.162. The summed E-state index contributed by atoms with van der Waals surface area (Å²) in [7, 11) is 0. The largest absolute Gasteiger partial charge is 0.511 e. The Bertz CT molecular complexity index is 789. The summed E-state index contributed by atoms with van der Waals surface area (Å²) >= 11 is 0. The zero-order chi connectivity index (χ0) is 19.5. The summed E-state index contributed by atoms with van der Waals surface area (Å²) in [5, 5.41) is 32.0. The van der Waals surface area contributed by atoms with Crippen molar-refractivity contribution in [3.8, 4) is 0 Å². The highest BCUT2D eigenvalue weighted by Gasteiger charge is 2.87. The monoisotopic (exact) mass is 378 g/mol. The molecule has 0 radical (unpaired) electrons. The third-order valence-corrected chi connectivity index (χ3v) is 8.25. The van der Waals surface area contributed by atoms with Crippen LogP contribution in [0.3, 0.4) is 0 Å². The number of allylic oxidation sites excluding steroid dienone is 1. The van der Waals surface area contributed by atoms with Crippen LogP contribution in [0.2, 0.25) is 0 Å². The lowest BCUT2D eigenvalue weighted by Gasteiger charge is -2.63. The first-order valence-corrected chi connectivity index (χ1v) is 9.83. The van der Waals surface area contributed by atoms with Gasteiger partial charge in [0.1, 0.15) is 17.1 Å². The van der Waals surface area contributed by atoms with E-state index in [4.69, 9.17) is 9.47 Å². The smallest absolute Gasteiger partial charge is 0.341 e. The summed E-state index contributed by atoms with van der Waals surface area (Å²) in [6.45, 7) is 5.15. The number of rotatable bonds is 1. The molecular weight excluding hydrogens is 352 g/mol. The van der Waals surface area contributed by atoms with Crippen LogP contribution in [-0.2, 0) is 19.1 Å². The fourth-order valence-corrected chi connectivity index (χ4v) is 6.93. The molecule has 7 heteroatoms. The lowest BCUT2D eigenvalue weighted by atomic mass is 9.55. The molecule has 27 heavy (non-hydrogen) atoms. The highest BCUT2D eigenvalue weighted by molar-refractivity contribution is 6.00. The van der Waals surface area contributed by atoms with Gasteiger partial charge in [-0.2, -0.15) is 0 Å². The minimum absolute atomic E-state index is 0.00377. The van der Waals surface area contributed by atoms with Crippen molar-refractivity contribution in [3.63, 3.8) is 0 Å². The lowest BCUT2D eigenvalue weighted by Crippen LogP contribution is -2.77. The number of aliphatic hydroxyl groups excluding tert-OH is 3. The maximum atomic E-state index is 13.3. The third kappa shape index (κ3) is 1.63. The first kappa shape index (κ1) is 17.6. The molecule has 2 spiro atoms. The van der Waals surface area contributed by atoms with Crippen LogP contribution in [0.4, 0.5) is 0 Å². The van der Waals surface area contributed by atoms with E-state index in [0.29, 0.717) is 19.3 Å². The van der Waals surface area contributed by atoms with Crippen molar-refractivity contribution in [1.82, 2.24) is 0 Å². The van der Waals surface area contributed by atoms with Crippen molar-refractivity contribution in [2.45, 2.75) is 62.9 Å². The van der Waals surface area contributed by atoms with E-state index in [1.54, 1.807) is 13.8 Å². The second-order valence-corrected chi connectivity index (χ2v) is 9.42. The van der Waals surface area contributed by atoms with Gasteiger partial charge in [0, 0.05) is 30.3 Å². The van der Waals surface area contributed by atoms with Gasteiger partial charge in [0.05, 0.1) is 17.6 Å². The number of fused-ring (bicyclic) bond motifs is 1. The van der Waals surface area contributed by atoms with Crippen molar-refractivity contribution in [2.24, 2.45) is 29.6 Å². The second kappa shape index (κ2) is 4.93. The molecule has 3 heterocycles. The highest BCUT2D eigenvalue weighted by atomic mass is 16.6. The molecule has 2 saturated carbocycles. The molecule has 5 fully saturated rings. The van der Waals surface area contributed by atoms with Crippen LogP contribution in [0.15, 0.2) is 11.3 Å². The van der Waals surface area contributed by atoms with Crippen molar-refractivity contribution < 1.29 is 34.4 Å². The van der Waals surface area contributed by atoms with E-state index in [1.807, 2.05) is 6.92 Å². The minimum atomic E-state index is -1.38. The molecule has 3 N–H and O–H groups in total. The van der Waals surface area contributed by atoms with Gasteiger partial charge >= 0.3 is 5.97 Å². The van der Waals surface area contributed by atoms with Crippen molar-refractivity contribution in [1.29, 1.82) is 0 Å². The molecule has 0 aromatic rings. The van der Waals surface area contributed by atoms with E-state index < -0.39 is 46.6 Å². The second-order valence-electron chi connectivity index (χ2n) is 9.42. The van der Waals surface area contributed by atoms with Gasteiger partial charge in [-0.1, -0.05) is 13.8 Å². The van der Waals surface area contributed by atoms with Crippen LogP contribution in [0.5, 0.6) is 0 Å². The molecule has 0 aromatic heterocycles. The Balaban J connectivity index is 1.83. The van der Waals surface area contributed by atoms with Gasteiger partial charge in [0.25, 0.3) is 0 Å². The van der Waals surface area contributed by atoms with Gasteiger partial charge in [-0.3, -0.25) is 4.79 Å². The van der Waals surface area contributed by atoms with Gasteiger partial charge < -0.3 is 24.8 Å². The van der Waals surface area contributed by atoms with E-state index in [1.165, 1.54) is 0 Å². The molecule has 6 rings (SSSR count). The fourth-order valence-electron chi connectivity index (χ4n) is 6.93. The normalized spacial score (nSPS) is 58.7. The van der Waals surface area contributed by atoms with Crippen LogP contribution in [0.25, 0.3) is 0 Å². The SMILES string of the molecule is C[C@@H]1C[C@H](C)/C(O)=C2/C(=O)O[C@]34C[C@@H](CO)[C@]5(C)O[C@]23[C@@H](C[C@H]4[C@@H]5O)C1=O. The number of Topliss-reactive ketones (excluding diaryl/α,β-unsaturated/α-hetero) is 1. The summed E-state index contributed by atoms with van der Waals surface area (Å²) < 4.78 is 12.4. The van der Waals surface area contributed by atoms with Crippen LogP contribution < -0.4 is 0 Å². The quantitative estimate of drug-likeness (QED) is 0.580. The van der Waals surface area contributed by atoms with E-state index in [2.05, 4.69) is 0 Å². The topological polar surface area (TPSA) is 113 Å². The van der Waals surface area contributed by atoms with Crippen molar-refractivity contribution in [2.75, 3.05) is 6.61 Å². The van der Waals surface area contributed by atoms with E-state index in [9.17, 15) is 24.9 Å². The van der Waals surface area contributed by atoms with Gasteiger partial charge in [-0.25, -0.2) is 4.79 Å². The van der Waals surface area contributed by atoms with Crippen LogP contribution in [-0.4, -0.2) is 56.6 Å². The Morgan fingerprint density at radius 2 is 1.89 bits per heavy atom. The number of ether oxygens (including phenoxy) is 2. The summed E-state index contributed by atoms with van der Waals surface area (Å²) in [4.78, 5) is 26.3. The molecule has 0 aromatic carbocycles. The van der Waals surface area contributed by atoms with Crippen LogP contribution in [0, 0.1) is 29.6 Å². The molecule has 0 unspecified atom stereocenters. The third-order valence-electron chi connectivity index (χ3n) is 8.25. The Morgan fingerprint density at radius 3 is 2.56 bits per heavy atom. The fraction of sp³-hybridized carbons (Fsp3) is 0.800. The summed E-state index contributed by atoms with van der Waals surface area (Å²) in [5.74, 6) is -2.91. The van der Waals surface area contributed by atoms with Crippen molar-refractivity contribution >= 4 is 11.8 Å². The Morgan fingerprint density at radius 1 is 1.19 bits per heavy atom. The molecule has 3 aliphatic heterocycles. The number of esters is 1. The summed E-state index contributed by atoms with van der Waals surface area (Å²) in [5.41, 5.74) is -3.63. The maximum absolute atomic E-state index is 13.3. The Kier molecular flexibility index (Phi) is 3.22.